The summed E-state index contributed by atoms with van der Waals surface area (Å²) in [5.74, 6) is -1.83. The van der Waals surface area contributed by atoms with Crippen LogP contribution in [0.15, 0.2) is 34.9 Å². The zero-order valence-corrected chi connectivity index (χ0v) is 9.69. The zero-order chi connectivity index (χ0) is 14.0. The maximum absolute atomic E-state index is 12.3. The minimum absolute atomic E-state index is 0.0451. The van der Waals surface area contributed by atoms with E-state index >= 15 is 0 Å². The molecule has 2 rings (SSSR count). The molecule has 0 radical (unpaired) electrons. The molecule has 1 aromatic heterocycles. The van der Waals surface area contributed by atoms with Crippen molar-refractivity contribution in [3.8, 4) is 11.3 Å². The molecule has 0 atom stereocenters. The van der Waals surface area contributed by atoms with Crippen molar-refractivity contribution >= 4 is 5.97 Å². The SMILES string of the molecule is COC(=O)c1ccc(-c2coc(C(F)(F)F)n2)cc1. The monoisotopic (exact) mass is 271 g/mol. The standard InChI is InChI=1S/C12H8F3NO3/c1-18-10(17)8-4-2-7(3-5-8)9-6-19-11(16-9)12(13,14)15/h2-6H,1H3. The Kier molecular flexibility index (Phi) is 3.28. The molecule has 4 nitrogen and oxygen atoms in total. The molecule has 0 unspecified atom stereocenters. The smallest absolute Gasteiger partial charge is 0.465 e. The summed E-state index contributed by atoms with van der Waals surface area (Å²) >= 11 is 0. The first-order chi connectivity index (χ1) is 8.91. The van der Waals surface area contributed by atoms with Crippen LogP contribution in [0.2, 0.25) is 0 Å². The van der Waals surface area contributed by atoms with E-state index < -0.39 is 18.0 Å². The van der Waals surface area contributed by atoms with E-state index in [-0.39, 0.29) is 5.69 Å². The van der Waals surface area contributed by atoms with Crippen LogP contribution in [0.3, 0.4) is 0 Å². The molecule has 0 spiro atoms. The lowest BCUT2D eigenvalue weighted by Gasteiger charge is -2.00. The number of nitrogens with zero attached hydrogens (tertiary/aromatic N) is 1. The molecule has 19 heavy (non-hydrogen) atoms. The number of aromatic nitrogens is 1. The van der Waals surface area contributed by atoms with Gasteiger partial charge in [-0.1, -0.05) is 12.1 Å². The lowest BCUT2D eigenvalue weighted by atomic mass is 10.1. The van der Waals surface area contributed by atoms with Crippen molar-refractivity contribution in [2.75, 3.05) is 7.11 Å². The molecule has 0 saturated heterocycles. The highest BCUT2D eigenvalue weighted by molar-refractivity contribution is 5.89. The first-order valence-electron chi connectivity index (χ1n) is 5.13. The fraction of sp³-hybridized carbons (Fsp3) is 0.167. The maximum atomic E-state index is 12.3. The Bertz CT molecular complexity index is 587. The van der Waals surface area contributed by atoms with E-state index in [0.29, 0.717) is 11.1 Å². The molecule has 0 fully saturated rings. The van der Waals surface area contributed by atoms with Gasteiger partial charge in [0.2, 0.25) is 0 Å². The number of rotatable bonds is 2. The molecule has 0 N–H and O–H groups in total. The van der Waals surface area contributed by atoms with Crippen LogP contribution in [0.25, 0.3) is 11.3 Å². The summed E-state index contributed by atoms with van der Waals surface area (Å²) in [6.07, 6.45) is -3.71. The van der Waals surface area contributed by atoms with Crippen molar-refractivity contribution < 1.29 is 27.1 Å². The second-order valence-corrected chi connectivity index (χ2v) is 3.60. The highest BCUT2D eigenvalue weighted by Gasteiger charge is 2.37. The minimum Gasteiger partial charge on any atom is -0.465 e. The van der Waals surface area contributed by atoms with Gasteiger partial charge >= 0.3 is 18.0 Å². The van der Waals surface area contributed by atoms with E-state index in [9.17, 15) is 18.0 Å². The number of esters is 1. The molecule has 0 aliphatic rings. The first kappa shape index (κ1) is 13.1. The lowest BCUT2D eigenvalue weighted by Crippen LogP contribution is -2.04. The Balaban J connectivity index is 2.28. The molecular formula is C12H8F3NO3. The summed E-state index contributed by atoms with van der Waals surface area (Å²) in [6, 6.07) is 5.79. The van der Waals surface area contributed by atoms with Crippen LogP contribution in [-0.2, 0) is 10.9 Å². The average Bonchev–Trinajstić information content (AvgIpc) is 2.87. The van der Waals surface area contributed by atoms with Gasteiger partial charge in [0, 0.05) is 5.56 Å². The number of hydrogen-bond donors (Lipinski definition) is 0. The van der Waals surface area contributed by atoms with Crippen LogP contribution in [0.4, 0.5) is 13.2 Å². The van der Waals surface area contributed by atoms with Gasteiger partial charge in [0.25, 0.3) is 0 Å². The second kappa shape index (κ2) is 4.75. The van der Waals surface area contributed by atoms with E-state index in [0.717, 1.165) is 6.26 Å². The normalized spacial score (nSPS) is 11.4. The number of carbonyl (C=O) groups excluding carboxylic acids is 1. The number of alkyl halides is 3. The third kappa shape index (κ3) is 2.75. The molecule has 0 bridgehead atoms. The first-order valence-corrected chi connectivity index (χ1v) is 5.13. The van der Waals surface area contributed by atoms with Crippen molar-refractivity contribution in [2.24, 2.45) is 0 Å². The Labute approximate surface area is 105 Å². The van der Waals surface area contributed by atoms with E-state index in [4.69, 9.17) is 0 Å². The largest absolute Gasteiger partial charge is 0.468 e. The van der Waals surface area contributed by atoms with E-state index in [1.807, 2.05) is 0 Å². The van der Waals surface area contributed by atoms with Crippen molar-refractivity contribution in [1.29, 1.82) is 0 Å². The number of methoxy groups -OCH3 is 1. The van der Waals surface area contributed by atoms with Gasteiger partial charge in [-0.15, -0.1) is 0 Å². The van der Waals surface area contributed by atoms with Crippen molar-refractivity contribution in [3.63, 3.8) is 0 Å². The number of hydrogen-bond acceptors (Lipinski definition) is 4. The quantitative estimate of drug-likeness (QED) is 0.787. The number of benzene rings is 1. The van der Waals surface area contributed by atoms with Crippen LogP contribution in [-0.4, -0.2) is 18.1 Å². The molecular weight excluding hydrogens is 263 g/mol. The summed E-state index contributed by atoms with van der Waals surface area (Å²) in [5, 5.41) is 0. The molecule has 7 heteroatoms. The van der Waals surface area contributed by atoms with Gasteiger partial charge in [0.05, 0.1) is 12.7 Å². The predicted molar refractivity (Wildman–Crippen MR) is 58.3 cm³/mol. The van der Waals surface area contributed by atoms with Crippen LogP contribution < -0.4 is 0 Å². The van der Waals surface area contributed by atoms with Gasteiger partial charge in [-0.05, 0) is 12.1 Å². The van der Waals surface area contributed by atoms with Crippen LogP contribution in [0.1, 0.15) is 16.2 Å². The van der Waals surface area contributed by atoms with Crippen LogP contribution in [0.5, 0.6) is 0 Å². The van der Waals surface area contributed by atoms with Gasteiger partial charge in [-0.3, -0.25) is 0 Å². The van der Waals surface area contributed by atoms with Crippen LogP contribution in [0, 0.1) is 0 Å². The van der Waals surface area contributed by atoms with Crippen molar-refractivity contribution in [2.45, 2.75) is 6.18 Å². The fourth-order valence-electron chi connectivity index (χ4n) is 1.43. The summed E-state index contributed by atoms with van der Waals surface area (Å²) in [6.45, 7) is 0. The predicted octanol–water partition coefficient (Wildman–Crippen LogP) is 3.15. The molecule has 100 valence electrons. The summed E-state index contributed by atoms with van der Waals surface area (Å²) < 4.78 is 45.8. The Morgan fingerprint density at radius 3 is 2.37 bits per heavy atom. The third-order valence-electron chi connectivity index (χ3n) is 2.35. The second-order valence-electron chi connectivity index (χ2n) is 3.60. The number of ether oxygens (including phenoxy) is 1. The molecule has 2 aromatic rings. The third-order valence-corrected chi connectivity index (χ3v) is 2.35. The molecule has 1 aromatic carbocycles. The molecule has 0 saturated carbocycles. The Morgan fingerprint density at radius 2 is 1.89 bits per heavy atom. The minimum atomic E-state index is -4.62. The van der Waals surface area contributed by atoms with Gasteiger partial charge in [0.1, 0.15) is 12.0 Å². The van der Waals surface area contributed by atoms with E-state index in [1.54, 1.807) is 0 Å². The number of oxazole rings is 1. The summed E-state index contributed by atoms with van der Waals surface area (Å²) in [4.78, 5) is 14.5. The zero-order valence-electron chi connectivity index (χ0n) is 9.69. The van der Waals surface area contributed by atoms with Gasteiger partial charge in [0.15, 0.2) is 0 Å². The van der Waals surface area contributed by atoms with E-state index in [2.05, 4.69) is 14.1 Å². The van der Waals surface area contributed by atoms with Gasteiger partial charge in [-0.2, -0.15) is 13.2 Å². The van der Waals surface area contributed by atoms with E-state index in [1.165, 1.54) is 31.4 Å². The highest BCUT2D eigenvalue weighted by Crippen LogP contribution is 2.30. The van der Waals surface area contributed by atoms with Crippen molar-refractivity contribution in [3.05, 3.63) is 42.0 Å². The molecule has 0 aliphatic carbocycles. The molecule has 0 amide bonds. The molecule has 0 aliphatic heterocycles. The topological polar surface area (TPSA) is 52.3 Å². The number of carbonyl (C=O) groups is 1. The maximum Gasteiger partial charge on any atom is 0.468 e. The highest BCUT2D eigenvalue weighted by atomic mass is 19.4. The average molecular weight is 271 g/mol. The van der Waals surface area contributed by atoms with Crippen LogP contribution >= 0.6 is 0 Å². The fourth-order valence-corrected chi connectivity index (χ4v) is 1.43. The van der Waals surface area contributed by atoms with Crippen molar-refractivity contribution in [1.82, 2.24) is 4.98 Å². The Morgan fingerprint density at radius 1 is 1.26 bits per heavy atom. The lowest BCUT2D eigenvalue weighted by molar-refractivity contribution is -0.157. The summed E-state index contributed by atoms with van der Waals surface area (Å²) in [7, 11) is 1.24. The number of halogens is 3. The Hall–Kier alpha value is -2.31. The molecule has 1 heterocycles. The summed E-state index contributed by atoms with van der Waals surface area (Å²) in [5.41, 5.74) is 0.751. The van der Waals surface area contributed by atoms with Gasteiger partial charge < -0.3 is 9.15 Å². The van der Waals surface area contributed by atoms with Gasteiger partial charge in [-0.25, -0.2) is 9.78 Å².